The Bertz CT molecular complexity index is 550. The summed E-state index contributed by atoms with van der Waals surface area (Å²) in [4.78, 5) is 14.3. The van der Waals surface area contributed by atoms with E-state index in [0.29, 0.717) is 12.8 Å². The molecule has 142 valence electrons. The lowest BCUT2D eigenvalue weighted by Gasteiger charge is -2.38. The van der Waals surface area contributed by atoms with E-state index in [0.717, 1.165) is 31.4 Å². The van der Waals surface area contributed by atoms with Crippen LogP contribution in [0, 0.1) is 0 Å². The molecule has 8 heteroatoms. The van der Waals surface area contributed by atoms with Crippen molar-refractivity contribution in [3.63, 3.8) is 0 Å². The number of piperidine rings is 1. The molecule has 0 radical (unpaired) electrons. The average molecular weight is 381 g/mol. The minimum Gasteiger partial charge on any atom is -0.406 e. The standard InChI is InChI=1S/C17H23F3N2O2.ClH/c1-12(21)15-4-2-3-11-22(15)16(23)10-7-13-5-8-14(9-6-13)24-17(18,19)20;/h5-6,8-9,12,15H,2-4,7,10-11,21H2,1H3;1H. The van der Waals surface area contributed by atoms with E-state index in [9.17, 15) is 18.0 Å². The Balaban J connectivity index is 0.00000312. The van der Waals surface area contributed by atoms with Gasteiger partial charge in [0.25, 0.3) is 0 Å². The smallest absolute Gasteiger partial charge is 0.406 e. The molecule has 2 unspecified atom stereocenters. The second-order valence-electron chi connectivity index (χ2n) is 6.20. The molecule has 1 aromatic rings. The van der Waals surface area contributed by atoms with Crippen molar-refractivity contribution in [1.82, 2.24) is 4.90 Å². The van der Waals surface area contributed by atoms with Crippen LogP contribution in [-0.4, -0.2) is 35.8 Å². The van der Waals surface area contributed by atoms with Gasteiger partial charge in [-0.3, -0.25) is 4.79 Å². The van der Waals surface area contributed by atoms with Crippen molar-refractivity contribution in [2.75, 3.05) is 6.54 Å². The first kappa shape index (κ1) is 21.6. The Morgan fingerprint density at radius 1 is 1.32 bits per heavy atom. The van der Waals surface area contributed by atoms with E-state index in [-0.39, 0.29) is 36.1 Å². The number of rotatable bonds is 5. The summed E-state index contributed by atoms with van der Waals surface area (Å²) in [6, 6.07) is 5.64. The van der Waals surface area contributed by atoms with Crippen LogP contribution in [0.3, 0.4) is 0 Å². The lowest BCUT2D eigenvalue weighted by Crippen LogP contribution is -2.51. The van der Waals surface area contributed by atoms with Gasteiger partial charge >= 0.3 is 6.36 Å². The van der Waals surface area contributed by atoms with Crippen LogP contribution in [0.1, 0.15) is 38.2 Å². The zero-order chi connectivity index (χ0) is 17.7. The predicted molar refractivity (Wildman–Crippen MR) is 91.7 cm³/mol. The molecule has 0 aliphatic carbocycles. The maximum atomic E-state index is 12.4. The number of hydrogen-bond donors (Lipinski definition) is 1. The molecule has 1 aromatic carbocycles. The molecule has 2 rings (SSSR count). The Hall–Kier alpha value is -1.47. The summed E-state index contributed by atoms with van der Waals surface area (Å²) >= 11 is 0. The van der Waals surface area contributed by atoms with Gasteiger partial charge in [0.15, 0.2) is 0 Å². The van der Waals surface area contributed by atoms with Crippen molar-refractivity contribution in [3.05, 3.63) is 29.8 Å². The van der Waals surface area contributed by atoms with Crippen molar-refractivity contribution >= 4 is 18.3 Å². The molecule has 0 bridgehead atoms. The van der Waals surface area contributed by atoms with E-state index >= 15 is 0 Å². The van der Waals surface area contributed by atoms with Crippen molar-refractivity contribution < 1.29 is 22.7 Å². The summed E-state index contributed by atoms with van der Waals surface area (Å²) in [5.74, 6) is -0.210. The molecule has 25 heavy (non-hydrogen) atoms. The number of aryl methyl sites for hydroxylation is 1. The van der Waals surface area contributed by atoms with Crippen molar-refractivity contribution in [3.8, 4) is 5.75 Å². The minimum absolute atomic E-state index is 0. The topological polar surface area (TPSA) is 55.6 Å². The molecule has 4 nitrogen and oxygen atoms in total. The van der Waals surface area contributed by atoms with Gasteiger partial charge in [0, 0.05) is 25.0 Å². The van der Waals surface area contributed by atoms with Gasteiger partial charge in [-0.25, -0.2) is 0 Å². The van der Waals surface area contributed by atoms with Crippen LogP contribution in [0.25, 0.3) is 0 Å². The van der Waals surface area contributed by atoms with Crippen LogP contribution in [0.5, 0.6) is 5.75 Å². The van der Waals surface area contributed by atoms with Crippen LogP contribution in [-0.2, 0) is 11.2 Å². The third-order valence-electron chi connectivity index (χ3n) is 4.26. The first-order valence-electron chi connectivity index (χ1n) is 8.16. The zero-order valence-electron chi connectivity index (χ0n) is 14.1. The predicted octanol–water partition coefficient (Wildman–Crippen LogP) is 3.67. The summed E-state index contributed by atoms with van der Waals surface area (Å²) < 4.78 is 40.2. The van der Waals surface area contributed by atoms with Crippen LogP contribution < -0.4 is 10.5 Å². The molecule has 2 N–H and O–H groups in total. The molecule has 0 spiro atoms. The summed E-state index contributed by atoms with van der Waals surface area (Å²) in [5.41, 5.74) is 6.77. The van der Waals surface area contributed by atoms with Gasteiger partial charge in [-0.05, 0) is 50.3 Å². The van der Waals surface area contributed by atoms with Crippen LogP contribution >= 0.6 is 12.4 Å². The number of amides is 1. The fourth-order valence-electron chi connectivity index (χ4n) is 3.07. The molecule has 2 atom stereocenters. The Morgan fingerprint density at radius 3 is 2.52 bits per heavy atom. The van der Waals surface area contributed by atoms with E-state index in [1.165, 1.54) is 12.1 Å². The first-order chi connectivity index (χ1) is 11.3. The number of carbonyl (C=O) groups is 1. The first-order valence-corrected chi connectivity index (χ1v) is 8.16. The number of nitrogens with two attached hydrogens (primary N) is 1. The largest absolute Gasteiger partial charge is 0.573 e. The van der Waals surface area contributed by atoms with Gasteiger partial charge in [-0.2, -0.15) is 0 Å². The number of ether oxygens (including phenoxy) is 1. The molecule has 1 aliphatic heterocycles. The number of likely N-dealkylation sites (tertiary alicyclic amines) is 1. The van der Waals surface area contributed by atoms with E-state index in [2.05, 4.69) is 4.74 Å². The number of halogens is 4. The molecule has 1 fully saturated rings. The summed E-state index contributed by atoms with van der Waals surface area (Å²) in [7, 11) is 0. The van der Waals surface area contributed by atoms with Gasteiger partial charge in [0.1, 0.15) is 5.75 Å². The van der Waals surface area contributed by atoms with Gasteiger partial charge in [-0.1, -0.05) is 12.1 Å². The number of carbonyl (C=O) groups excluding carboxylic acids is 1. The highest BCUT2D eigenvalue weighted by Crippen LogP contribution is 2.24. The molecule has 0 saturated carbocycles. The fraction of sp³-hybridized carbons (Fsp3) is 0.588. The van der Waals surface area contributed by atoms with Gasteiger partial charge in [0.2, 0.25) is 5.91 Å². The highest BCUT2D eigenvalue weighted by Gasteiger charge is 2.31. The number of benzene rings is 1. The minimum atomic E-state index is -4.69. The summed E-state index contributed by atoms with van der Waals surface area (Å²) in [6.07, 6.45) is -0.905. The van der Waals surface area contributed by atoms with Crippen LogP contribution in [0.4, 0.5) is 13.2 Å². The lowest BCUT2D eigenvalue weighted by atomic mass is 9.96. The SMILES string of the molecule is CC(N)C1CCCCN1C(=O)CCc1ccc(OC(F)(F)F)cc1.Cl. The Labute approximate surface area is 151 Å². The third kappa shape index (κ3) is 6.74. The quantitative estimate of drug-likeness (QED) is 0.848. The van der Waals surface area contributed by atoms with Crippen molar-refractivity contribution in [1.29, 1.82) is 0 Å². The molecule has 1 amide bonds. The fourth-order valence-corrected chi connectivity index (χ4v) is 3.07. The molecular weight excluding hydrogens is 357 g/mol. The Kier molecular flexibility index (Phi) is 8.02. The monoisotopic (exact) mass is 380 g/mol. The van der Waals surface area contributed by atoms with E-state index in [1.54, 1.807) is 12.1 Å². The normalized spacial score (nSPS) is 19.1. The van der Waals surface area contributed by atoms with Gasteiger partial charge < -0.3 is 15.4 Å². The summed E-state index contributed by atoms with van der Waals surface area (Å²) in [5, 5.41) is 0. The number of hydrogen-bond acceptors (Lipinski definition) is 3. The number of alkyl halides is 3. The van der Waals surface area contributed by atoms with Crippen LogP contribution in [0.2, 0.25) is 0 Å². The van der Waals surface area contributed by atoms with E-state index < -0.39 is 6.36 Å². The lowest BCUT2D eigenvalue weighted by molar-refractivity contribution is -0.274. The molecule has 0 aromatic heterocycles. The molecular formula is C17H24ClF3N2O2. The highest BCUT2D eigenvalue weighted by atomic mass is 35.5. The Morgan fingerprint density at radius 2 is 1.96 bits per heavy atom. The third-order valence-corrected chi connectivity index (χ3v) is 4.26. The zero-order valence-corrected chi connectivity index (χ0v) is 14.9. The highest BCUT2D eigenvalue weighted by molar-refractivity contribution is 5.85. The maximum absolute atomic E-state index is 12.4. The van der Waals surface area contributed by atoms with E-state index in [4.69, 9.17) is 5.73 Å². The van der Waals surface area contributed by atoms with Gasteiger partial charge in [-0.15, -0.1) is 25.6 Å². The molecule has 1 saturated heterocycles. The maximum Gasteiger partial charge on any atom is 0.573 e. The summed E-state index contributed by atoms with van der Waals surface area (Å²) in [6.45, 7) is 2.64. The van der Waals surface area contributed by atoms with Crippen molar-refractivity contribution in [2.24, 2.45) is 5.73 Å². The number of nitrogens with zero attached hydrogens (tertiary/aromatic N) is 1. The van der Waals surface area contributed by atoms with E-state index in [1.807, 2.05) is 11.8 Å². The average Bonchev–Trinajstić information content (AvgIpc) is 2.52. The molecule has 1 aliphatic rings. The van der Waals surface area contributed by atoms with Crippen LogP contribution in [0.15, 0.2) is 24.3 Å². The van der Waals surface area contributed by atoms with Crippen molar-refractivity contribution in [2.45, 2.75) is 57.5 Å². The van der Waals surface area contributed by atoms with Gasteiger partial charge in [0.05, 0.1) is 0 Å². The molecule has 1 heterocycles. The second kappa shape index (κ2) is 9.29. The second-order valence-corrected chi connectivity index (χ2v) is 6.20.